The van der Waals surface area contributed by atoms with E-state index < -0.39 is 0 Å². The summed E-state index contributed by atoms with van der Waals surface area (Å²) >= 11 is 5.68. The number of halogens is 1. The van der Waals surface area contributed by atoms with Crippen LogP contribution in [0.15, 0.2) is 18.3 Å². The zero-order valence-electron chi connectivity index (χ0n) is 6.42. The summed E-state index contributed by atoms with van der Waals surface area (Å²) in [5.41, 5.74) is 0.569. The minimum atomic E-state index is -0.287. The highest BCUT2D eigenvalue weighted by atomic mass is 35.5. The number of hydrogen-bond donors (Lipinski definition) is 0. The Hall–Kier alpha value is -1.07. The topological polar surface area (TPSA) is 36.7 Å². The predicted octanol–water partition coefficient (Wildman–Crippen LogP) is 2.29. The van der Waals surface area contributed by atoms with Crippen molar-refractivity contribution in [1.82, 2.24) is 4.98 Å². The van der Waals surface area contributed by atoms with E-state index in [0.717, 1.165) is 18.5 Å². The van der Waals surface area contributed by atoms with Gasteiger partial charge in [0.15, 0.2) is 0 Å². The maximum Gasteiger partial charge on any atom is 0.0994 e. The Kier molecular flexibility index (Phi) is 1.55. The second-order valence-corrected chi connectivity index (χ2v) is 3.49. The monoisotopic (exact) mass is 178 g/mol. The molecule has 12 heavy (non-hydrogen) atoms. The van der Waals surface area contributed by atoms with Gasteiger partial charge in [0.1, 0.15) is 0 Å². The van der Waals surface area contributed by atoms with Crippen LogP contribution in [0.4, 0.5) is 0 Å². The summed E-state index contributed by atoms with van der Waals surface area (Å²) in [6.45, 7) is 0. The van der Waals surface area contributed by atoms with Crippen molar-refractivity contribution >= 4 is 11.6 Å². The lowest BCUT2D eigenvalue weighted by Crippen LogP contribution is -2.04. The molecule has 3 heteroatoms. The number of nitriles is 1. The minimum Gasteiger partial charge on any atom is -0.258 e. The summed E-state index contributed by atoms with van der Waals surface area (Å²) < 4.78 is 0. The van der Waals surface area contributed by atoms with E-state index in [0.29, 0.717) is 5.02 Å². The molecule has 1 aromatic heterocycles. The maximum absolute atomic E-state index is 8.86. The van der Waals surface area contributed by atoms with Gasteiger partial charge in [-0.05, 0) is 25.0 Å². The van der Waals surface area contributed by atoms with Crippen molar-refractivity contribution in [1.29, 1.82) is 5.26 Å². The molecule has 0 unspecified atom stereocenters. The van der Waals surface area contributed by atoms with Crippen molar-refractivity contribution in [2.75, 3.05) is 0 Å². The van der Waals surface area contributed by atoms with E-state index in [2.05, 4.69) is 11.1 Å². The molecule has 60 valence electrons. The third-order valence-electron chi connectivity index (χ3n) is 2.18. The van der Waals surface area contributed by atoms with E-state index in [1.807, 2.05) is 6.07 Å². The van der Waals surface area contributed by atoms with Crippen molar-refractivity contribution in [3.05, 3.63) is 29.0 Å². The lowest BCUT2D eigenvalue weighted by Gasteiger charge is -2.02. The van der Waals surface area contributed by atoms with Crippen LogP contribution in [-0.4, -0.2) is 4.98 Å². The Morgan fingerprint density at radius 2 is 2.25 bits per heavy atom. The maximum atomic E-state index is 8.86. The average Bonchev–Trinajstić information content (AvgIpc) is 2.86. The van der Waals surface area contributed by atoms with E-state index >= 15 is 0 Å². The van der Waals surface area contributed by atoms with Crippen LogP contribution in [-0.2, 0) is 5.41 Å². The Bertz CT molecular complexity index is 333. The molecule has 0 spiro atoms. The molecule has 1 fully saturated rings. The Morgan fingerprint density at radius 3 is 2.67 bits per heavy atom. The largest absolute Gasteiger partial charge is 0.258 e. The van der Waals surface area contributed by atoms with Crippen LogP contribution in [0.5, 0.6) is 0 Å². The molecule has 1 aliphatic carbocycles. The molecular weight excluding hydrogens is 172 g/mol. The molecule has 0 amide bonds. The summed E-state index contributed by atoms with van der Waals surface area (Å²) in [5.74, 6) is 0. The number of hydrogen-bond acceptors (Lipinski definition) is 2. The molecule has 1 heterocycles. The standard InChI is InChI=1S/C9H7ClN2/c10-7-1-2-8(12-5-7)9(6-11)3-4-9/h1-2,5H,3-4H2. The van der Waals surface area contributed by atoms with Gasteiger partial charge in [-0.2, -0.15) is 5.26 Å². The minimum absolute atomic E-state index is 0.287. The van der Waals surface area contributed by atoms with Crippen LogP contribution in [0.2, 0.25) is 5.02 Å². The molecule has 1 aliphatic rings. The lowest BCUT2D eigenvalue weighted by atomic mass is 10.0. The van der Waals surface area contributed by atoms with Gasteiger partial charge in [0.05, 0.1) is 22.2 Å². The van der Waals surface area contributed by atoms with Crippen LogP contribution in [0.25, 0.3) is 0 Å². The van der Waals surface area contributed by atoms with Crippen LogP contribution < -0.4 is 0 Å². The average molecular weight is 179 g/mol. The lowest BCUT2D eigenvalue weighted by molar-refractivity contribution is 0.854. The van der Waals surface area contributed by atoms with Crippen molar-refractivity contribution in [2.45, 2.75) is 18.3 Å². The molecule has 0 aliphatic heterocycles. The van der Waals surface area contributed by atoms with Crippen LogP contribution in [0, 0.1) is 11.3 Å². The molecule has 0 bridgehead atoms. The number of nitrogens with zero attached hydrogens (tertiary/aromatic N) is 2. The third kappa shape index (κ3) is 1.07. The molecule has 0 radical (unpaired) electrons. The van der Waals surface area contributed by atoms with E-state index in [-0.39, 0.29) is 5.41 Å². The second-order valence-electron chi connectivity index (χ2n) is 3.06. The Labute approximate surface area is 75.8 Å². The molecule has 1 saturated carbocycles. The van der Waals surface area contributed by atoms with Gasteiger partial charge in [0.25, 0.3) is 0 Å². The molecule has 2 nitrogen and oxygen atoms in total. The van der Waals surface area contributed by atoms with Crippen molar-refractivity contribution < 1.29 is 0 Å². The molecule has 2 rings (SSSR count). The first-order valence-corrected chi connectivity index (χ1v) is 4.18. The molecule has 0 N–H and O–H groups in total. The highest BCUT2D eigenvalue weighted by Gasteiger charge is 2.46. The van der Waals surface area contributed by atoms with E-state index in [4.69, 9.17) is 16.9 Å². The van der Waals surface area contributed by atoms with E-state index in [1.54, 1.807) is 12.3 Å². The number of rotatable bonds is 1. The van der Waals surface area contributed by atoms with Gasteiger partial charge in [0, 0.05) is 6.20 Å². The van der Waals surface area contributed by atoms with Crippen LogP contribution >= 0.6 is 11.6 Å². The summed E-state index contributed by atoms with van der Waals surface area (Å²) in [6.07, 6.45) is 3.45. The Balaban J connectivity index is 2.37. The van der Waals surface area contributed by atoms with Gasteiger partial charge in [-0.1, -0.05) is 11.6 Å². The third-order valence-corrected chi connectivity index (χ3v) is 2.41. The smallest absolute Gasteiger partial charge is 0.0994 e. The quantitative estimate of drug-likeness (QED) is 0.662. The highest BCUT2D eigenvalue weighted by molar-refractivity contribution is 6.30. The first-order valence-electron chi connectivity index (χ1n) is 3.80. The fourth-order valence-corrected chi connectivity index (χ4v) is 1.32. The fourth-order valence-electron chi connectivity index (χ4n) is 1.21. The SMILES string of the molecule is N#CC1(c2ccc(Cl)cn2)CC1. The van der Waals surface area contributed by atoms with Crippen molar-refractivity contribution in [3.63, 3.8) is 0 Å². The zero-order chi connectivity index (χ0) is 8.60. The molecule has 0 atom stereocenters. The van der Waals surface area contributed by atoms with Crippen molar-refractivity contribution in [2.24, 2.45) is 0 Å². The van der Waals surface area contributed by atoms with Gasteiger partial charge < -0.3 is 0 Å². The number of aromatic nitrogens is 1. The first-order chi connectivity index (χ1) is 5.77. The van der Waals surface area contributed by atoms with Gasteiger partial charge in [-0.25, -0.2) is 0 Å². The summed E-state index contributed by atoms with van der Waals surface area (Å²) in [7, 11) is 0. The van der Waals surface area contributed by atoms with Crippen LogP contribution in [0.3, 0.4) is 0 Å². The molecule has 0 saturated heterocycles. The molecular formula is C9H7ClN2. The van der Waals surface area contributed by atoms with Gasteiger partial charge >= 0.3 is 0 Å². The van der Waals surface area contributed by atoms with Gasteiger partial charge in [0.2, 0.25) is 0 Å². The van der Waals surface area contributed by atoms with E-state index in [9.17, 15) is 0 Å². The highest BCUT2D eigenvalue weighted by Crippen LogP contribution is 2.46. The van der Waals surface area contributed by atoms with E-state index in [1.165, 1.54) is 0 Å². The predicted molar refractivity (Wildman–Crippen MR) is 45.8 cm³/mol. The van der Waals surface area contributed by atoms with Gasteiger partial charge in [-0.3, -0.25) is 4.98 Å². The Morgan fingerprint density at radius 1 is 1.50 bits per heavy atom. The summed E-state index contributed by atoms with van der Waals surface area (Å²) in [6, 6.07) is 5.89. The molecule has 0 aromatic carbocycles. The summed E-state index contributed by atoms with van der Waals surface area (Å²) in [5, 5.41) is 9.47. The zero-order valence-corrected chi connectivity index (χ0v) is 7.17. The number of pyridine rings is 1. The van der Waals surface area contributed by atoms with Crippen LogP contribution in [0.1, 0.15) is 18.5 Å². The first kappa shape index (κ1) is 7.57. The molecule has 1 aromatic rings. The summed E-state index contributed by atoms with van der Waals surface area (Å²) in [4.78, 5) is 4.13. The fraction of sp³-hybridized carbons (Fsp3) is 0.333. The second kappa shape index (κ2) is 2.46. The van der Waals surface area contributed by atoms with Gasteiger partial charge in [-0.15, -0.1) is 0 Å². The normalized spacial score (nSPS) is 18.3. The van der Waals surface area contributed by atoms with Crippen molar-refractivity contribution in [3.8, 4) is 6.07 Å².